The molecular weight excluding hydrogens is 386 g/mol. The van der Waals surface area contributed by atoms with Crippen LogP contribution in [-0.4, -0.2) is 43.4 Å². The quantitative estimate of drug-likeness (QED) is 0.562. The number of rotatable bonds is 7. The number of hydrogen-bond donors (Lipinski definition) is 1. The Morgan fingerprint density at radius 1 is 1.08 bits per heavy atom. The lowest BCUT2D eigenvalue weighted by atomic mass is 10.2. The third kappa shape index (κ3) is 5.53. The van der Waals surface area contributed by atoms with Gasteiger partial charge in [-0.25, -0.2) is 8.42 Å². The van der Waals surface area contributed by atoms with E-state index in [1.54, 1.807) is 17.8 Å². The molecule has 0 bridgehead atoms. The van der Waals surface area contributed by atoms with E-state index in [4.69, 9.17) is 0 Å². The van der Waals surface area contributed by atoms with Gasteiger partial charge in [-0.15, -0.1) is 23.5 Å². The van der Waals surface area contributed by atoms with E-state index < -0.39 is 9.84 Å². The average Bonchev–Trinajstić information content (AvgIpc) is 2.98. The Hall–Kier alpha value is -1.44. The van der Waals surface area contributed by atoms with Gasteiger partial charge in [0.15, 0.2) is 9.84 Å². The molecule has 1 aliphatic heterocycles. The van der Waals surface area contributed by atoms with Crippen molar-refractivity contribution in [3.63, 3.8) is 0 Å². The van der Waals surface area contributed by atoms with Crippen LogP contribution in [0.1, 0.15) is 16.8 Å². The molecule has 1 N–H and O–H groups in total. The molecule has 1 atom stereocenters. The van der Waals surface area contributed by atoms with Gasteiger partial charge >= 0.3 is 0 Å². The zero-order valence-electron chi connectivity index (χ0n) is 14.3. The van der Waals surface area contributed by atoms with Crippen molar-refractivity contribution in [2.45, 2.75) is 21.5 Å². The molecule has 0 radical (unpaired) electrons. The van der Waals surface area contributed by atoms with Crippen molar-refractivity contribution < 1.29 is 13.2 Å². The first kappa shape index (κ1) is 19.3. The Morgan fingerprint density at radius 2 is 1.81 bits per heavy atom. The molecule has 138 valence electrons. The van der Waals surface area contributed by atoms with E-state index in [2.05, 4.69) is 5.32 Å². The minimum atomic E-state index is -2.92. The van der Waals surface area contributed by atoms with Crippen molar-refractivity contribution in [2.75, 3.05) is 23.8 Å². The average molecular weight is 408 g/mol. The Bertz CT molecular complexity index is 853. The fourth-order valence-electron chi connectivity index (χ4n) is 2.74. The summed E-state index contributed by atoms with van der Waals surface area (Å²) in [6, 6.07) is 17.5. The topological polar surface area (TPSA) is 63.2 Å². The molecule has 0 spiro atoms. The van der Waals surface area contributed by atoms with Crippen LogP contribution in [0.4, 0.5) is 0 Å². The predicted octanol–water partition coefficient (Wildman–Crippen LogP) is 3.49. The lowest BCUT2D eigenvalue weighted by molar-refractivity contribution is 0.0953. The van der Waals surface area contributed by atoms with Gasteiger partial charge in [-0.05, 0) is 30.7 Å². The fourth-order valence-corrected chi connectivity index (χ4v) is 7.15. The number of hydrogen-bond acceptors (Lipinski definition) is 5. The Morgan fingerprint density at radius 3 is 2.54 bits per heavy atom. The summed E-state index contributed by atoms with van der Waals surface area (Å²) in [4.78, 5) is 14.6. The van der Waals surface area contributed by atoms with Gasteiger partial charge in [-0.3, -0.25) is 4.79 Å². The molecule has 0 aromatic heterocycles. The molecule has 1 aliphatic rings. The zero-order valence-corrected chi connectivity index (χ0v) is 16.7. The summed E-state index contributed by atoms with van der Waals surface area (Å²) < 4.78 is 23.3. The normalized spacial score (nSPS) is 18.5. The number of thioether (sulfide) groups is 2. The summed E-state index contributed by atoms with van der Waals surface area (Å²) in [6.07, 6.45) is 0.649. The molecule has 4 nitrogen and oxygen atoms in total. The summed E-state index contributed by atoms with van der Waals surface area (Å²) in [5.74, 6) is 1.13. The highest BCUT2D eigenvalue weighted by Crippen LogP contribution is 2.33. The second-order valence-electron chi connectivity index (χ2n) is 6.06. The van der Waals surface area contributed by atoms with Crippen LogP contribution < -0.4 is 5.32 Å². The van der Waals surface area contributed by atoms with Gasteiger partial charge in [0.2, 0.25) is 0 Å². The number of amides is 1. The highest BCUT2D eigenvalue weighted by atomic mass is 32.2. The van der Waals surface area contributed by atoms with E-state index in [1.165, 1.54) is 16.7 Å². The van der Waals surface area contributed by atoms with Crippen LogP contribution in [0.15, 0.2) is 64.4 Å². The Kier molecular flexibility index (Phi) is 6.67. The van der Waals surface area contributed by atoms with Crippen LogP contribution in [0.2, 0.25) is 0 Å². The Balaban J connectivity index is 1.54. The van der Waals surface area contributed by atoms with E-state index in [-0.39, 0.29) is 22.7 Å². The maximum absolute atomic E-state index is 12.5. The molecule has 2 aromatic rings. The fraction of sp³-hybridized carbons (Fsp3) is 0.316. The van der Waals surface area contributed by atoms with Crippen LogP contribution in [0.3, 0.4) is 0 Å². The second-order valence-corrected chi connectivity index (χ2v) is 10.8. The van der Waals surface area contributed by atoms with Gasteiger partial charge in [0.1, 0.15) is 0 Å². The summed E-state index contributed by atoms with van der Waals surface area (Å²) in [5, 5.41) is 2.99. The van der Waals surface area contributed by atoms with Crippen molar-refractivity contribution in [3.05, 3.63) is 60.2 Å². The molecule has 1 heterocycles. The second kappa shape index (κ2) is 8.97. The molecule has 1 unspecified atom stereocenters. The Labute approximate surface area is 163 Å². The molecule has 2 aromatic carbocycles. The highest BCUT2D eigenvalue weighted by Gasteiger charge is 2.29. The molecule has 1 fully saturated rings. The SMILES string of the molecule is O=C(NCCSc1ccccc1)c1ccccc1SC1CCS(=O)(=O)C1. The molecule has 3 rings (SSSR count). The monoisotopic (exact) mass is 407 g/mol. The van der Waals surface area contributed by atoms with Gasteiger partial charge in [0.05, 0.1) is 17.1 Å². The van der Waals surface area contributed by atoms with E-state index in [9.17, 15) is 13.2 Å². The van der Waals surface area contributed by atoms with Crippen LogP contribution in [0, 0.1) is 0 Å². The van der Waals surface area contributed by atoms with E-state index >= 15 is 0 Å². The number of benzene rings is 2. The first-order valence-corrected chi connectivity index (χ1v) is 12.1. The highest BCUT2D eigenvalue weighted by molar-refractivity contribution is 8.02. The third-order valence-electron chi connectivity index (χ3n) is 4.02. The standard InChI is InChI=1S/C19H21NO3S3/c21-19(20-11-12-24-15-6-2-1-3-7-15)17-8-4-5-9-18(17)25-16-10-13-26(22,23)14-16/h1-9,16H,10-14H2,(H,20,21). The van der Waals surface area contributed by atoms with Crippen LogP contribution in [0.5, 0.6) is 0 Å². The molecule has 1 amide bonds. The lowest BCUT2D eigenvalue weighted by Gasteiger charge is -2.12. The van der Waals surface area contributed by atoms with Crippen LogP contribution in [-0.2, 0) is 9.84 Å². The van der Waals surface area contributed by atoms with E-state index in [1.807, 2.05) is 48.5 Å². The van der Waals surface area contributed by atoms with Gasteiger partial charge in [-0.1, -0.05) is 30.3 Å². The molecule has 7 heteroatoms. The summed E-state index contributed by atoms with van der Waals surface area (Å²) in [6.45, 7) is 0.579. The van der Waals surface area contributed by atoms with Gasteiger partial charge in [0, 0.05) is 27.3 Å². The molecular formula is C19H21NO3S3. The number of carbonyl (C=O) groups excluding carboxylic acids is 1. The van der Waals surface area contributed by atoms with Crippen LogP contribution >= 0.6 is 23.5 Å². The molecule has 0 saturated carbocycles. The van der Waals surface area contributed by atoms with Gasteiger partial charge < -0.3 is 5.32 Å². The number of carbonyl (C=O) groups is 1. The maximum atomic E-state index is 12.5. The first-order valence-electron chi connectivity index (χ1n) is 8.46. The van der Waals surface area contributed by atoms with E-state index in [0.29, 0.717) is 18.5 Å². The number of sulfone groups is 1. The van der Waals surface area contributed by atoms with Crippen molar-refractivity contribution in [2.24, 2.45) is 0 Å². The molecule has 1 saturated heterocycles. The minimum absolute atomic E-state index is 0.0302. The summed E-state index contributed by atoms with van der Waals surface area (Å²) in [5.41, 5.74) is 0.617. The summed E-state index contributed by atoms with van der Waals surface area (Å²) in [7, 11) is -2.92. The summed E-state index contributed by atoms with van der Waals surface area (Å²) >= 11 is 3.20. The van der Waals surface area contributed by atoms with Gasteiger partial charge in [-0.2, -0.15) is 0 Å². The van der Waals surface area contributed by atoms with Crippen molar-refractivity contribution in [3.8, 4) is 0 Å². The minimum Gasteiger partial charge on any atom is -0.351 e. The molecule has 0 aliphatic carbocycles. The van der Waals surface area contributed by atoms with Crippen LogP contribution in [0.25, 0.3) is 0 Å². The van der Waals surface area contributed by atoms with Crippen molar-refractivity contribution >= 4 is 39.3 Å². The molecule has 26 heavy (non-hydrogen) atoms. The third-order valence-corrected chi connectivity index (χ3v) is 8.35. The van der Waals surface area contributed by atoms with Gasteiger partial charge in [0.25, 0.3) is 5.91 Å². The predicted molar refractivity (Wildman–Crippen MR) is 109 cm³/mol. The lowest BCUT2D eigenvalue weighted by Crippen LogP contribution is -2.26. The van der Waals surface area contributed by atoms with Crippen molar-refractivity contribution in [1.82, 2.24) is 5.32 Å². The van der Waals surface area contributed by atoms with Crippen molar-refractivity contribution in [1.29, 1.82) is 0 Å². The first-order chi connectivity index (χ1) is 12.5. The largest absolute Gasteiger partial charge is 0.351 e. The maximum Gasteiger partial charge on any atom is 0.252 e. The van der Waals surface area contributed by atoms with E-state index in [0.717, 1.165) is 10.6 Å². The smallest absolute Gasteiger partial charge is 0.252 e. The zero-order chi connectivity index (χ0) is 18.4. The number of nitrogens with one attached hydrogen (secondary N) is 1.